The minimum absolute atomic E-state index is 0.118. The van der Waals surface area contributed by atoms with E-state index in [-0.39, 0.29) is 24.2 Å². The van der Waals surface area contributed by atoms with Gasteiger partial charge in [-0.1, -0.05) is 24.3 Å². The Morgan fingerprint density at radius 1 is 1.03 bits per heavy atom. The van der Waals surface area contributed by atoms with Crippen LogP contribution in [-0.4, -0.2) is 50.0 Å². The molecule has 2 aromatic rings. The maximum atomic E-state index is 13.4. The lowest BCUT2D eigenvalue weighted by Crippen LogP contribution is -2.52. The molecule has 0 radical (unpaired) electrons. The summed E-state index contributed by atoms with van der Waals surface area (Å²) in [5.74, 6) is -1.40. The molecule has 2 aromatic carbocycles. The largest absolute Gasteiger partial charge is 0.352 e. The molecule has 0 heterocycles. The van der Waals surface area contributed by atoms with Crippen LogP contribution >= 0.6 is 0 Å². The highest BCUT2D eigenvalue weighted by atomic mass is 32.2. The molecule has 9 heteroatoms. The van der Waals surface area contributed by atoms with E-state index in [2.05, 4.69) is 5.32 Å². The molecule has 0 spiro atoms. The van der Waals surface area contributed by atoms with Crippen molar-refractivity contribution in [2.45, 2.75) is 46.3 Å². The number of hydrogen-bond donors (Lipinski definition) is 1. The highest BCUT2D eigenvalue weighted by Gasteiger charge is 2.30. The van der Waals surface area contributed by atoms with Gasteiger partial charge in [-0.25, -0.2) is 12.8 Å². The molecule has 0 aliphatic carbocycles. The first-order chi connectivity index (χ1) is 14.9. The number of amides is 2. The van der Waals surface area contributed by atoms with Crippen molar-refractivity contribution >= 4 is 27.5 Å². The zero-order chi connectivity index (χ0) is 24.1. The first-order valence-corrected chi connectivity index (χ1v) is 12.1. The smallest absolute Gasteiger partial charge is 0.244 e. The van der Waals surface area contributed by atoms with Crippen LogP contribution in [0.4, 0.5) is 10.1 Å². The van der Waals surface area contributed by atoms with Crippen LogP contribution < -0.4 is 9.62 Å². The molecule has 0 bridgehead atoms. The lowest BCUT2D eigenvalue weighted by molar-refractivity contribution is -0.139. The summed E-state index contributed by atoms with van der Waals surface area (Å²) < 4.78 is 39.1. The van der Waals surface area contributed by atoms with Crippen molar-refractivity contribution in [3.8, 4) is 0 Å². The Kier molecular flexibility index (Phi) is 8.38. The summed E-state index contributed by atoms with van der Waals surface area (Å²) in [5.41, 5.74) is 1.95. The van der Waals surface area contributed by atoms with Gasteiger partial charge in [-0.15, -0.1) is 0 Å². The number of rotatable bonds is 9. The predicted molar refractivity (Wildman–Crippen MR) is 123 cm³/mol. The number of anilines is 1. The molecule has 1 N–H and O–H groups in total. The van der Waals surface area contributed by atoms with E-state index in [1.165, 1.54) is 17.0 Å². The van der Waals surface area contributed by atoms with Gasteiger partial charge in [0.15, 0.2) is 0 Å². The summed E-state index contributed by atoms with van der Waals surface area (Å²) in [4.78, 5) is 27.4. The topological polar surface area (TPSA) is 86.8 Å². The number of nitrogens with zero attached hydrogens (tertiary/aromatic N) is 2. The lowest BCUT2D eigenvalue weighted by Gasteiger charge is -2.32. The lowest BCUT2D eigenvalue weighted by atomic mass is 10.1. The second-order valence-electron chi connectivity index (χ2n) is 8.03. The summed E-state index contributed by atoms with van der Waals surface area (Å²) in [7, 11) is -3.84. The van der Waals surface area contributed by atoms with Gasteiger partial charge >= 0.3 is 0 Å². The molecule has 0 saturated heterocycles. The third-order valence-electron chi connectivity index (χ3n) is 4.99. The first kappa shape index (κ1) is 25.3. The van der Waals surface area contributed by atoms with Crippen molar-refractivity contribution in [3.05, 3.63) is 65.5 Å². The van der Waals surface area contributed by atoms with E-state index < -0.39 is 34.3 Å². The standard InChI is InChI=1S/C23H30FN3O4S/c1-16(2)25-23(29)18(4)26(14-19-9-7-6-8-17(19)3)22(28)15-27(32(5,30)31)21-12-10-20(24)11-13-21/h6-13,16,18H,14-15H2,1-5H3,(H,25,29)/t18-/m0/s1. The third-order valence-corrected chi connectivity index (χ3v) is 6.13. The molecule has 174 valence electrons. The second kappa shape index (κ2) is 10.6. The third kappa shape index (κ3) is 6.78. The van der Waals surface area contributed by atoms with Gasteiger partial charge in [0.2, 0.25) is 21.8 Å². The molecule has 2 amide bonds. The number of sulfonamides is 1. The van der Waals surface area contributed by atoms with Gasteiger partial charge in [-0.05, 0) is 63.1 Å². The molecule has 0 aliphatic rings. The number of carbonyl (C=O) groups is 2. The number of aryl methyl sites for hydroxylation is 1. The summed E-state index contributed by atoms with van der Waals surface area (Å²) in [6.45, 7) is 6.76. The fraction of sp³-hybridized carbons (Fsp3) is 0.391. The molecule has 0 aliphatic heterocycles. The number of hydrogen-bond acceptors (Lipinski definition) is 4. The Morgan fingerprint density at radius 3 is 2.16 bits per heavy atom. The molecular formula is C23H30FN3O4S. The molecule has 32 heavy (non-hydrogen) atoms. The molecule has 2 rings (SSSR count). The fourth-order valence-corrected chi connectivity index (χ4v) is 4.03. The number of halogens is 1. The van der Waals surface area contributed by atoms with Crippen molar-refractivity contribution in [3.63, 3.8) is 0 Å². The van der Waals surface area contributed by atoms with Crippen LogP contribution in [0.1, 0.15) is 31.9 Å². The van der Waals surface area contributed by atoms with Gasteiger partial charge in [0, 0.05) is 12.6 Å². The van der Waals surface area contributed by atoms with Crippen LogP contribution in [0, 0.1) is 12.7 Å². The van der Waals surface area contributed by atoms with E-state index in [0.717, 1.165) is 33.8 Å². The SMILES string of the molecule is Cc1ccccc1CN(C(=O)CN(c1ccc(F)cc1)S(C)(=O)=O)[C@@H](C)C(=O)NC(C)C. The maximum Gasteiger partial charge on any atom is 0.244 e. The molecule has 1 atom stereocenters. The van der Waals surface area contributed by atoms with Crippen LogP contribution in [0.3, 0.4) is 0 Å². The van der Waals surface area contributed by atoms with Crippen LogP contribution in [0.5, 0.6) is 0 Å². The zero-order valence-corrected chi connectivity index (χ0v) is 19.8. The summed E-state index contributed by atoms with van der Waals surface area (Å²) in [6, 6.07) is 11.4. The van der Waals surface area contributed by atoms with Crippen molar-refractivity contribution in [2.75, 3.05) is 17.1 Å². The fourth-order valence-electron chi connectivity index (χ4n) is 3.18. The molecule has 0 unspecified atom stereocenters. The van der Waals surface area contributed by atoms with E-state index >= 15 is 0 Å². The molecule has 0 saturated carbocycles. The van der Waals surface area contributed by atoms with Crippen molar-refractivity contribution in [1.82, 2.24) is 10.2 Å². The number of benzene rings is 2. The quantitative estimate of drug-likeness (QED) is 0.620. The molecular weight excluding hydrogens is 433 g/mol. The summed E-state index contributed by atoms with van der Waals surface area (Å²) >= 11 is 0. The Balaban J connectivity index is 2.39. The highest BCUT2D eigenvalue weighted by Crippen LogP contribution is 2.20. The number of carbonyl (C=O) groups excluding carboxylic acids is 2. The van der Waals surface area contributed by atoms with E-state index in [0.29, 0.717) is 0 Å². The van der Waals surface area contributed by atoms with Crippen LogP contribution in [0.2, 0.25) is 0 Å². The van der Waals surface area contributed by atoms with Gasteiger partial charge in [-0.3, -0.25) is 13.9 Å². The van der Waals surface area contributed by atoms with Gasteiger partial charge in [-0.2, -0.15) is 0 Å². The van der Waals surface area contributed by atoms with E-state index in [1.54, 1.807) is 6.92 Å². The predicted octanol–water partition coefficient (Wildman–Crippen LogP) is 2.84. The minimum atomic E-state index is -3.84. The van der Waals surface area contributed by atoms with E-state index in [9.17, 15) is 22.4 Å². The first-order valence-electron chi connectivity index (χ1n) is 10.3. The Bertz CT molecular complexity index is 1060. The number of nitrogens with one attached hydrogen (secondary N) is 1. The minimum Gasteiger partial charge on any atom is -0.352 e. The monoisotopic (exact) mass is 463 g/mol. The average molecular weight is 464 g/mol. The highest BCUT2D eigenvalue weighted by molar-refractivity contribution is 7.92. The van der Waals surface area contributed by atoms with Gasteiger partial charge in [0.1, 0.15) is 18.4 Å². The van der Waals surface area contributed by atoms with E-state index in [4.69, 9.17) is 0 Å². The Morgan fingerprint density at radius 2 is 1.62 bits per heavy atom. The molecule has 0 aromatic heterocycles. The summed E-state index contributed by atoms with van der Waals surface area (Å²) in [6.07, 6.45) is 0.976. The Labute approximate surface area is 189 Å². The zero-order valence-electron chi connectivity index (χ0n) is 19.0. The normalized spacial score (nSPS) is 12.3. The second-order valence-corrected chi connectivity index (χ2v) is 9.94. The average Bonchev–Trinajstić information content (AvgIpc) is 2.70. The van der Waals surface area contributed by atoms with E-state index in [1.807, 2.05) is 45.0 Å². The van der Waals surface area contributed by atoms with Crippen molar-refractivity contribution in [2.24, 2.45) is 0 Å². The van der Waals surface area contributed by atoms with Gasteiger partial charge < -0.3 is 10.2 Å². The van der Waals surface area contributed by atoms with Gasteiger partial charge in [0.05, 0.1) is 11.9 Å². The van der Waals surface area contributed by atoms with Crippen LogP contribution in [-0.2, 0) is 26.2 Å². The maximum absolute atomic E-state index is 13.4. The summed E-state index contributed by atoms with van der Waals surface area (Å²) in [5, 5.41) is 2.79. The van der Waals surface area contributed by atoms with Crippen molar-refractivity contribution in [1.29, 1.82) is 0 Å². The van der Waals surface area contributed by atoms with Crippen molar-refractivity contribution < 1.29 is 22.4 Å². The molecule has 7 nitrogen and oxygen atoms in total. The van der Waals surface area contributed by atoms with Crippen LogP contribution in [0.15, 0.2) is 48.5 Å². The Hall–Kier alpha value is -2.94. The van der Waals surface area contributed by atoms with Gasteiger partial charge in [0.25, 0.3) is 0 Å². The molecule has 0 fully saturated rings. The van der Waals surface area contributed by atoms with Crippen LogP contribution in [0.25, 0.3) is 0 Å².